The van der Waals surface area contributed by atoms with E-state index in [9.17, 15) is 10.2 Å². The van der Waals surface area contributed by atoms with Crippen molar-refractivity contribution < 1.29 is 43.4 Å². The van der Waals surface area contributed by atoms with Gasteiger partial charge < -0.3 is 43.4 Å². The van der Waals surface area contributed by atoms with Crippen molar-refractivity contribution >= 4 is 0 Å². The van der Waals surface area contributed by atoms with E-state index in [0.29, 0.717) is 13.2 Å². The second-order valence-corrected chi connectivity index (χ2v) is 7.77. The maximum atomic E-state index is 10.7. The van der Waals surface area contributed by atoms with Gasteiger partial charge >= 0.3 is 0 Å². The average molecular weight is 410 g/mol. The molecule has 0 amide bonds. The fraction of sp³-hybridized carbons (Fsp3) is 0.700. The van der Waals surface area contributed by atoms with E-state index in [1.54, 1.807) is 7.11 Å². The fourth-order valence-electron chi connectivity index (χ4n) is 4.20. The Morgan fingerprint density at radius 1 is 0.931 bits per heavy atom. The van der Waals surface area contributed by atoms with E-state index in [2.05, 4.69) is 0 Å². The van der Waals surface area contributed by atoms with Crippen LogP contribution in [0.3, 0.4) is 0 Å². The van der Waals surface area contributed by atoms with E-state index in [1.165, 1.54) is 0 Å². The Hall–Kier alpha value is -1.14. The Kier molecular flexibility index (Phi) is 5.59. The van der Waals surface area contributed by atoms with Crippen molar-refractivity contribution in [3.63, 3.8) is 0 Å². The third-order valence-electron chi connectivity index (χ3n) is 5.81. The van der Waals surface area contributed by atoms with Crippen molar-refractivity contribution in [1.29, 1.82) is 0 Å². The van der Waals surface area contributed by atoms with Crippen LogP contribution in [0.4, 0.5) is 0 Å². The van der Waals surface area contributed by atoms with Crippen molar-refractivity contribution in [3.05, 3.63) is 35.9 Å². The lowest BCUT2D eigenvalue weighted by molar-refractivity contribution is -0.370. The Balaban J connectivity index is 1.26. The van der Waals surface area contributed by atoms with Crippen molar-refractivity contribution in [2.45, 2.75) is 61.4 Å². The first-order valence-electron chi connectivity index (χ1n) is 9.91. The van der Waals surface area contributed by atoms with Crippen LogP contribution < -0.4 is 0 Å². The largest absolute Gasteiger partial charge is 0.387 e. The molecule has 160 valence electrons. The monoisotopic (exact) mass is 410 g/mol. The number of hydrogen-bond donors (Lipinski definition) is 2. The minimum Gasteiger partial charge on any atom is -0.387 e. The first-order chi connectivity index (χ1) is 14.2. The summed E-state index contributed by atoms with van der Waals surface area (Å²) >= 11 is 0. The maximum absolute atomic E-state index is 10.7. The summed E-state index contributed by atoms with van der Waals surface area (Å²) in [5.74, 6) is 0. The predicted octanol–water partition coefficient (Wildman–Crippen LogP) is -0.255. The van der Waals surface area contributed by atoms with Crippen molar-refractivity contribution in [2.24, 2.45) is 0 Å². The zero-order chi connectivity index (χ0) is 20.0. The van der Waals surface area contributed by atoms with Gasteiger partial charge in [0.2, 0.25) is 0 Å². The molecule has 0 radical (unpaired) electrons. The number of aliphatic hydroxyl groups is 2. The molecule has 5 rings (SSSR count). The normalized spacial score (nSPS) is 46.6. The molecule has 4 aliphatic rings. The summed E-state index contributed by atoms with van der Waals surface area (Å²) in [6, 6.07) is 9.44. The highest BCUT2D eigenvalue weighted by molar-refractivity contribution is 5.16. The van der Waals surface area contributed by atoms with Gasteiger partial charge in [-0.2, -0.15) is 0 Å². The van der Waals surface area contributed by atoms with Crippen LogP contribution in [0.5, 0.6) is 0 Å². The summed E-state index contributed by atoms with van der Waals surface area (Å²) in [6.07, 6.45) is -6.39. The minimum absolute atomic E-state index is 0.0144. The smallest absolute Gasteiger partial charge is 0.187 e. The summed E-state index contributed by atoms with van der Waals surface area (Å²) in [7, 11) is 1.58. The molecular formula is C20H26O9. The van der Waals surface area contributed by atoms with Crippen LogP contribution in [0.25, 0.3) is 0 Å². The molecule has 7 unspecified atom stereocenters. The van der Waals surface area contributed by atoms with E-state index in [0.717, 1.165) is 5.56 Å². The van der Waals surface area contributed by atoms with E-state index in [-0.39, 0.29) is 24.9 Å². The van der Waals surface area contributed by atoms with Gasteiger partial charge in [0.15, 0.2) is 12.6 Å². The molecule has 4 heterocycles. The number of rotatable bonds is 5. The van der Waals surface area contributed by atoms with Crippen molar-refractivity contribution in [1.82, 2.24) is 0 Å². The summed E-state index contributed by atoms with van der Waals surface area (Å²) in [5.41, 5.74) is 0.838. The quantitative estimate of drug-likeness (QED) is 0.635. The zero-order valence-corrected chi connectivity index (χ0v) is 16.0. The Morgan fingerprint density at radius 2 is 1.69 bits per heavy atom. The second-order valence-electron chi connectivity index (χ2n) is 7.77. The average Bonchev–Trinajstić information content (AvgIpc) is 3.54. The molecular weight excluding hydrogens is 384 g/mol. The van der Waals surface area contributed by atoms with Gasteiger partial charge in [0.05, 0.1) is 19.8 Å². The molecule has 4 saturated heterocycles. The van der Waals surface area contributed by atoms with Gasteiger partial charge in [-0.1, -0.05) is 30.3 Å². The molecule has 1 aromatic rings. The number of epoxide rings is 1. The van der Waals surface area contributed by atoms with Crippen molar-refractivity contribution in [3.8, 4) is 0 Å². The van der Waals surface area contributed by atoms with Crippen molar-refractivity contribution in [2.75, 3.05) is 26.9 Å². The van der Waals surface area contributed by atoms with Crippen LogP contribution in [-0.4, -0.2) is 92.3 Å². The topological polar surface area (TPSA) is 108 Å². The Morgan fingerprint density at radius 3 is 2.48 bits per heavy atom. The van der Waals surface area contributed by atoms with Gasteiger partial charge in [0, 0.05) is 12.7 Å². The van der Waals surface area contributed by atoms with Gasteiger partial charge in [0.25, 0.3) is 0 Å². The number of methoxy groups -OCH3 is 1. The van der Waals surface area contributed by atoms with E-state index in [1.807, 2.05) is 30.3 Å². The highest BCUT2D eigenvalue weighted by Gasteiger charge is 2.56. The van der Waals surface area contributed by atoms with E-state index >= 15 is 0 Å². The Bertz CT molecular complexity index is 686. The van der Waals surface area contributed by atoms with Crippen LogP contribution in [0, 0.1) is 0 Å². The third kappa shape index (κ3) is 3.83. The Labute approximate surface area is 168 Å². The molecule has 1 aromatic carbocycles. The number of aliphatic hydroxyl groups excluding tert-OH is 2. The summed E-state index contributed by atoms with van der Waals surface area (Å²) in [4.78, 5) is 0. The van der Waals surface area contributed by atoms with Crippen LogP contribution in [0.2, 0.25) is 0 Å². The minimum atomic E-state index is -1.28. The SMILES string of the molecule is COCC1OCC2OC2[C@@H]1O[C@@H]1OC2COC(c3ccccc3)O[C@H]2C(O)C1O. The second kappa shape index (κ2) is 8.18. The lowest BCUT2D eigenvalue weighted by Crippen LogP contribution is -2.63. The standard InChI is InChI=1S/C20H26O9/c1-23-7-11-17(18-13(26-18)8-24-11)29-20-15(22)14(21)16-12(27-20)9-25-19(28-16)10-5-3-2-4-6-10/h2-6,11-22H,7-9H2,1H3/t11?,12?,13?,14?,15?,16-,17-,18?,19?,20+/m1/s1. The molecule has 4 fully saturated rings. The number of benzene rings is 1. The maximum Gasteiger partial charge on any atom is 0.187 e. The molecule has 0 spiro atoms. The fourth-order valence-corrected chi connectivity index (χ4v) is 4.20. The number of fused-ring (bicyclic) bond motifs is 2. The lowest BCUT2D eigenvalue weighted by atomic mass is 9.97. The highest BCUT2D eigenvalue weighted by Crippen LogP contribution is 2.39. The molecule has 0 aliphatic carbocycles. The molecule has 4 aliphatic heterocycles. The van der Waals surface area contributed by atoms with Crippen LogP contribution in [-0.2, 0) is 33.2 Å². The molecule has 0 bridgehead atoms. The van der Waals surface area contributed by atoms with Crippen LogP contribution >= 0.6 is 0 Å². The first-order valence-corrected chi connectivity index (χ1v) is 9.91. The number of ether oxygens (including phenoxy) is 7. The predicted molar refractivity (Wildman–Crippen MR) is 95.8 cm³/mol. The molecule has 10 atom stereocenters. The van der Waals surface area contributed by atoms with Gasteiger partial charge in [-0.05, 0) is 0 Å². The highest BCUT2D eigenvalue weighted by atomic mass is 16.8. The molecule has 0 aromatic heterocycles. The first kappa shape index (κ1) is 19.8. The third-order valence-corrected chi connectivity index (χ3v) is 5.81. The van der Waals surface area contributed by atoms with Crippen LogP contribution in [0.1, 0.15) is 11.9 Å². The molecule has 9 heteroatoms. The van der Waals surface area contributed by atoms with E-state index < -0.39 is 43.1 Å². The molecule has 9 nitrogen and oxygen atoms in total. The molecule has 0 saturated carbocycles. The summed E-state index contributed by atoms with van der Waals surface area (Å²) < 4.78 is 40.1. The van der Waals surface area contributed by atoms with Gasteiger partial charge in [-0.25, -0.2) is 0 Å². The molecule has 2 N–H and O–H groups in total. The summed E-state index contributed by atoms with van der Waals surface area (Å²) in [6.45, 7) is 1.03. The lowest BCUT2D eigenvalue weighted by Gasteiger charge is -2.47. The van der Waals surface area contributed by atoms with Gasteiger partial charge in [-0.3, -0.25) is 0 Å². The summed E-state index contributed by atoms with van der Waals surface area (Å²) in [5, 5.41) is 21.4. The molecule has 29 heavy (non-hydrogen) atoms. The number of hydrogen-bond acceptors (Lipinski definition) is 9. The van der Waals surface area contributed by atoms with Gasteiger partial charge in [-0.15, -0.1) is 0 Å². The van der Waals surface area contributed by atoms with E-state index in [4.69, 9.17) is 33.2 Å². The van der Waals surface area contributed by atoms with Gasteiger partial charge in [0.1, 0.15) is 48.8 Å². The zero-order valence-electron chi connectivity index (χ0n) is 16.0. The van der Waals surface area contributed by atoms with Crippen LogP contribution in [0.15, 0.2) is 30.3 Å².